The molecule has 8 heteroatoms. The van der Waals surface area contributed by atoms with Gasteiger partial charge in [0, 0.05) is 45.2 Å². The lowest BCUT2D eigenvalue weighted by Gasteiger charge is -2.29. The summed E-state index contributed by atoms with van der Waals surface area (Å²) < 4.78 is 13.9. The monoisotopic (exact) mass is 349 g/mol. The number of carboxylic acids is 1. The summed E-state index contributed by atoms with van der Waals surface area (Å²) in [5.41, 5.74) is -1.11. The van der Waals surface area contributed by atoms with E-state index in [-0.39, 0.29) is 30.5 Å². The van der Waals surface area contributed by atoms with E-state index in [1.807, 2.05) is 0 Å². The number of nitrogens with zero attached hydrogens (tertiary/aromatic N) is 3. The highest BCUT2D eigenvalue weighted by atomic mass is 19.1. The molecule has 3 heterocycles. The largest absolute Gasteiger partial charge is 0.481 e. The van der Waals surface area contributed by atoms with Gasteiger partial charge in [-0.1, -0.05) is 0 Å². The van der Waals surface area contributed by atoms with E-state index in [1.165, 1.54) is 29.0 Å². The second-order valence-corrected chi connectivity index (χ2v) is 6.77. The second-order valence-electron chi connectivity index (χ2n) is 6.77. The topological polar surface area (TPSA) is 90.8 Å². The molecule has 134 valence electrons. The van der Waals surface area contributed by atoms with E-state index < -0.39 is 23.1 Å². The van der Waals surface area contributed by atoms with Crippen molar-refractivity contribution in [1.82, 2.24) is 14.8 Å². The van der Waals surface area contributed by atoms with Crippen LogP contribution in [0.1, 0.15) is 30.1 Å². The number of halogens is 1. The van der Waals surface area contributed by atoms with E-state index in [4.69, 9.17) is 0 Å². The molecule has 2 atom stereocenters. The predicted octanol–water partition coefficient (Wildman–Crippen LogP) is 1.01. The molecule has 2 fully saturated rings. The van der Waals surface area contributed by atoms with Crippen LogP contribution in [-0.4, -0.2) is 63.9 Å². The molecule has 0 bridgehead atoms. The van der Waals surface area contributed by atoms with Gasteiger partial charge in [0.1, 0.15) is 0 Å². The Hall–Kier alpha value is -2.51. The Labute approximate surface area is 144 Å². The molecular formula is C17H20FN3O4. The number of aliphatic carboxylic acids is 1. The average molecular weight is 349 g/mol. The first kappa shape index (κ1) is 17.3. The molecule has 1 aromatic rings. The molecule has 25 heavy (non-hydrogen) atoms. The maximum Gasteiger partial charge on any atom is 0.311 e. The van der Waals surface area contributed by atoms with Crippen molar-refractivity contribution in [3.05, 3.63) is 29.8 Å². The Morgan fingerprint density at radius 1 is 1.32 bits per heavy atom. The van der Waals surface area contributed by atoms with Crippen LogP contribution < -0.4 is 0 Å². The van der Waals surface area contributed by atoms with Crippen molar-refractivity contribution in [2.75, 3.05) is 26.2 Å². The van der Waals surface area contributed by atoms with Crippen LogP contribution in [0.5, 0.6) is 0 Å². The molecule has 2 saturated heterocycles. The van der Waals surface area contributed by atoms with Gasteiger partial charge < -0.3 is 14.9 Å². The van der Waals surface area contributed by atoms with E-state index in [0.29, 0.717) is 25.9 Å². The van der Waals surface area contributed by atoms with E-state index in [9.17, 15) is 23.9 Å². The molecule has 2 aliphatic heterocycles. The SMILES string of the molecule is CC(=O)N1C[C@H]2CN(C(=O)c3ccncc3F)CCC[C@@]2(C(=O)O)C1. The summed E-state index contributed by atoms with van der Waals surface area (Å²) in [6.45, 7) is 2.43. The first-order chi connectivity index (χ1) is 11.8. The van der Waals surface area contributed by atoms with Crippen LogP contribution in [-0.2, 0) is 9.59 Å². The minimum absolute atomic E-state index is 0.0701. The second kappa shape index (κ2) is 6.42. The number of rotatable bonds is 2. The van der Waals surface area contributed by atoms with Crippen molar-refractivity contribution in [2.24, 2.45) is 11.3 Å². The number of hydrogen-bond acceptors (Lipinski definition) is 4. The van der Waals surface area contributed by atoms with Gasteiger partial charge >= 0.3 is 5.97 Å². The Bertz CT molecular complexity index is 726. The van der Waals surface area contributed by atoms with Crippen LogP contribution in [0.15, 0.2) is 18.5 Å². The number of carboxylic acid groups (broad SMARTS) is 1. The number of carbonyl (C=O) groups excluding carboxylic acids is 2. The number of likely N-dealkylation sites (tertiary alicyclic amines) is 2. The van der Waals surface area contributed by atoms with Gasteiger partial charge in [-0.3, -0.25) is 19.4 Å². The van der Waals surface area contributed by atoms with Gasteiger partial charge in [-0.2, -0.15) is 0 Å². The zero-order valence-electron chi connectivity index (χ0n) is 13.9. The number of pyridine rings is 1. The summed E-state index contributed by atoms with van der Waals surface area (Å²) in [5, 5.41) is 9.80. The summed E-state index contributed by atoms with van der Waals surface area (Å²) in [7, 11) is 0. The number of amides is 2. The quantitative estimate of drug-likeness (QED) is 0.860. The van der Waals surface area contributed by atoms with Crippen LogP contribution in [0.2, 0.25) is 0 Å². The van der Waals surface area contributed by atoms with Gasteiger partial charge in [0.15, 0.2) is 5.82 Å². The summed E-state index contributed by atoms with van der Waals surface area (Å²) in [6, 6.07) is 1.32. The number of aromatic nitrogens is 1. The molecule has 7 nitrogen and oxygen atoms in total. The smallest absolute Gasteiger partial charge is 0.311 e. The fourth-order valence-electron chi connectivity index (χ4n) is 3.93. The molecule has 0 spiro atoms. The van der Waals surface area contributed by atoms with E-state index >= 15 is 0 Å². The fraction of sp³-hybridized carbons (Fsp3) is 0.529. The molecule has 2 amide bonds. The Morgan fingerprint density at radius 3 is 2.68 bits per heavy atom. The van der Waals surface area contributed by atoms with Crippen molar-refractivity contribution in [2.45, 2.75) is 19.8 Å². The lowest BCUT2D eigenvalue weighted by molar-refractivity contribution is -0.151. The molecular weight excluding hydrogens is 329 g/mol. The summed E-state index contributed by atoms with van der Waals surface area (Å²) in [6.07, 6.45) is 3.22. The highest BCUT2D eigenvalue weighted by Crippen LogP contribution is 2.43. The minimum atomic E-state index is -1.04. The molecule has 3 rings (SSSR count). The highest BCUT2D eigenvalue weighted by Gasteiger charge is 2.54. The van der Waals surface area contributed by atoms with Crippen molar-refractivity contribution in [1.29, 1.82) is 0 Å². The molecule has 2 aliphatic rings. The summed E-state index contributed by atoms with van der Waals surface area (Å²) in [5.74, 6) is -2.65. The van der Waals surface area contributed by atoms with Crippen LogP contribution in [0, 0.1) is 17.2 Å². The lowest BCUT2D eigenvalue weighted by atomic mass is 9.75. The Kier molecular flexibility index (Phi) is 4.45. The molecule has 0 unspecified atom stereocenters. The number of fused-ring (bicyclic) bond motifs is 1. The van der Waals surface area contributed by atoms with Crippen LogP contribution >= 0.6 is 0 Å². The summed E-state index contributed by atoms with van der Waals surface area (Å²) >= 11 is 0. The lowest BCUT2D eigenvalue weighted by Crippen LogP contribution is -2.42. The first-order valence-corrected chi connectivity index (χ1v) is 8.23. The van der Waals surface area contributed by atoms with Gasteiger partial charge in [0.05, 0.1) is 17.2 Å². The first-order valence-electron chi connectivity index (χ1n) is 8.23. The van der Waals surface area contributed by atoms with E-state index in [2.05, 4.69) is 4.98 Å². The predicted molar refractivity (Wildman–Crippen MR) is 85.1 cm³/mol. The molecule has 0 saturated carbocycles. The van der Waals surface area contributed by atoms with Crippen molar-refractivity contribution < 1.29 is 23.9 Å². The molecule has 1 N–H and O–H groups in total. The highest BCUT2D eigenvalue weighted by molar-refractivity contribution is 5.94. The van der Waals surface area contributed by atoms with Gasteiger partial charge in [0.2, 0.25) is 5.91 Å². The van der Waals surface area contributed by atoms with Crippen LogP contribution in [0.25, 0.3) is 0 Å². The number of carbonyl (C=O) groups is 3. The Balaban J connectivity index is 1.87. The molecule has 0 aliphatic carbocycles. The third-order valence-corrected chi connectivity index (χ3v) is 5.35. The zero-order valence-corrected chi connectivity index (χ0v) is 13.9. The van der Waals surface area contributed by atoms with Crippen molar-refractivity contribution >= 4 is 17.8 Å². The zero-order chi connectivity index (χ0) is 18.2. The van der Waals surface area contributed by atoms with Gasteiger partial charge in [-0.15, -0.1) is 0 Å². The van der Waals surface area contributed by atoms with Crippen molar-refractivity contribution in [3.8, 4) is 0 Å². The molecule has 0 aromatic carbocycles. The average Bonchev–Trinajstić information content (AvgIpc) is 2.84. The Morgan fingerprint density at radius 2 is 2.04 bits per heavy atom. The fourth-order valence-corrected chi connectivity index (χ4v) is 3.93. The van der Waals surface area contributed by atoms with Gasteiger partial charge in [0.25, 0.3) is 5.91 Å². The van der Waals surface area contributed by atoms with Crippen LogP contribution in [0.3, 0.4) is 0 Å². The third-order valence-electron chi connectivity index (χ3n) is 5.35. The maximum atomic E-state index is 13.9. The van der Waals surface area contributed by atoms with Crippen LogP contribution in [0.4, 0.5) is 4.39 Å². The van der Waals surface area contributed by atoms with Crippen molar-refractivity contribution in [3.63, 3.8) is 0 Å². The normalized spacial score (nSPS) is 26.1. The molecule has 0 radical (unpaired) electrons. The maximum absolute atomic E-state index is 13.9. The van der Waals surface area contributed by atoms with Gasteiger partial charge in [-0.25, -0.2) is 4.39 Å². The minimum Gasteiger partial charge on any atom is -0.481 e. The third kappa shape index (κ3) is 2.96. The van der Waals surface area contributed by atoms with E-state index in [1.54, 1.807) is 0 Å². The van der Waals surface area contributed by atoms with E-state index in [0.717, 1.165) is 6.20 Å². The summed E-state index contributed by atoms with van der Waals surface area (Å²) in [4.78, 5) is 43.0. The van der Waals surface area contributed by atoms with Gasteiger partial charge in [-0.05, 0) is 18.9 Å². The number of hydrogen-bond donors (Lipinski definition) is 1. The standard InChI is InChI=1S/C17H20FN3O4/c1-11(22)21-9-12-8-20(6-2-4-17(12,10-21)16(24)25)15(23)13-3-5-19-7-14(13)18/h3,5,7,12H,2,4,6,8-10H2,1H3,(H,24,25)/t12-,17-/m1/s1. The molecule has 1 aromatic heterocycles.